The lowest BCUT2D eigenvalue weighted by Crippen LogP contribution is -2.24. The summed E-state index contributed by atoms with van der Waals surface area (Å²) in [5.74, 6) is 1.00. The molecule has 0 aliphatic heterocycles. The molecule has 3 aromatic carbocycles. The molecule has 5 nitrogen and oxygen atoms in total. The van der Waals surface area contributed by atoms with Crippen molar-refractivity contribution in [2.45, 2.75) is 6.92 Å². The van der Waals surface area contributed by atoms with Gasteiger partial charge in [-0.1, -0.05) is 48.0 Å². The number of ether oxygens (including phenoxy) is 2. The zero-order valence-corrected chi connectivity index (χ0v) is 14.7. The fourth-order valence-electron chi connectivity index (χ4n) is 2.57. The number of aryl methyl sites for hydroxylation is 1. The minimum absolute atomic E-state index is 0.104. The van der Waals surface area contributed by atoms with E-state index in [1.807, 2.05) is 67.6 Å². The molecule has 0 spiro atoms. The first-order valence-electron chi connectivity index (χ1n) is 8.24. The molecular weight excluding hydrogens is 328 g/mol. The minimum Gasteiger partial charge on any atom is -0.496 e. The van der Waals surface area contributed by atoms with E-state index in [9.17, 15) is 4.79 Å². The lowest BCUT2D eigenvalue weighted by molar-refractivity contribution is -0.123. The number of hydrazone groups is 1. The summed E-state index contributed by atoms with van der Waals surface area (Å²) in [5, 5.41) is 6.12. The third-order valence-electron chi connectivity index (χ3n) is 3.92. The highest BCUT2D eigenvalue weighted by molar-refractivity contribution is 6.02. The molecule has 132 valence electrons. The fourth-order valence-corrected chi connectivity index (χ4v) is 2.57. The van der Waals surface area contributed by atoms with Gasteiger partial charge >= 0.3 is 0 Å². The molecule has 1 N–H and O–H groups in total. The first-order valence-corrected chi connectivity index (χ1v) is 8.24. The summed E-state index contributed by atoms with van der Waals surface area (Å²) in [6.45, 7) is 1.89. The lowest BCUT2D eigenvalue weighted by Gasteiger charge is -2.08. The standard InChI is InChI=1S/C21H20N2O3/c1-15-7-10-17(11-8-15)26-14-21(24)23-22-13-19-18-6-4-3-5-16(18)9-12-20(19)25-2/h3-13H,14H2,1-2H3,(H,23,24). The highest BCUT2D eigenvalue weighted by atomic mass is 16.5. The molecule has 0 saturated carbocycles. The van der Waals surface area contributed by atoms with Gasteiger partial charge < -0.3 is 9.47 Å². The number of benzene rings is 3. The Morgan fingerprint density at radius 2 is 1.85 bits per heavy atom. The summed E-state index contributed by atoms with van der Waals surface area (Å²) in [6, 6.07) is 19.3. The Hall–Kier alpha value is -3.34. The van der Waals surface area contributed by atoms with Crippen molar-refractivity contribution in [1.82, 2.24) is 5.43 Å². The average molecular weight is 348 g/mol. The van der Waals surface area contributed by atoms with Gasteiger partial charge in [-0.05, 0) is 35.9 Å². The van der Waals surface area contributed by atoms with Crippen molar-refractivity contribution in [3.63, 3.8) is 0 Å². The van der Waals surface area contributed by atoms with Gasteiger partial charge in [0, 0.05) is 5.56 Å². The van der Waals surface area contributed by atoms with Gasteiger partial charge in [0.2, 0.25) is 0 Å². The molecule has 0 aliphatic rings. The van der Waals surface area contributed by atoms with Gasteiger partial charge in [-0.15, -0.1) is 0 Å². The van der Waals surface area contributed by atoms with E-state index >= 15 is 0 Å². The fraction of sp³-hybridized carbons (Fsp3) is 0.143. The van der Waals surface area contributed by atoms with Crippen LogP contribution in [-0.2, 0) is 4.79 Å². The lowest BCUT2D eigenvalue weighted by atomic mass is 10.0. The van der Waals surface area contributed by atoms with Crippen LogP contribution in [0.2, 0.25) is 0 Å². The normalized spacial score (nSPS) is 10.8. The summed E-state index contributed by atoms with van der Waals surface area (Å²) in [7, 11) is 1.61. The van der Waals surface area contributed by atoms with Crippen LogP contribution < -0.4 is 14.9 Å². The number of nitrogens with one attached hydrogen (secondary N) is 1. The molecule has 1 amide bonds. The Balaban J connectivity index is 1.65. The van der Waals surface area contributed by atoms with Gasteiger partial charge in [-0.25, -0.2) is 5.43 Å². The van der Waals surface area contributed by atoms with Crippen LogP contribution in [0.5, 0.6) is 11.5 Å². The summed E-state index contributed by atoms with van der Waals surface area (Å²) in [4.78, 5) is 11.9. The van der Waals surface area contributed by atoms with Crippen LogP contribution in [-0.4, -0.2) is 25.8 Å². The molecule has 0 aromatic heterocycles. The number of carbonyl (C=O) groups is 1. The predicted molar refractivity (Wildman–Crippen MR) is 103 cm³/mol. The third-order valence-corrected chi connectivity index (χ3v) is 3.92. The van der Waals surface area contributed by atoms with Crippen LogP contribution in [0.1, 0.15) is 11.1 Å². The second-order valence-electron chi connectivity index (χ2n) is 5.80. The second-order valence-corrected chi connectivity index (χ2v) is 5.80. The molecule has 0 atom stereocenters. The number of fused-ring (bicyclic) bond motifs is 1. The largest absolute Gasteiger partial charge is 0.496 e. The van der Waals surface area contributed by atoms with Crippen LogP contribution in [0.4, 0.5) is 0 Å². The van der Waals surface area contributed by atoms with Gasteiger partial charge in [-0.3, -0.25) is 4.79 Å². The van der Waals surface area contributed by atoms with Gasteiger partial charge in [0.05, 0.1) is 13.3 Å². The van der Waals surface area contributed by atoms with Crippen LogP contribution in [0.15, 0.2) is 65.8 Å². The number of carbonyl (C=O) groups excluding carboxylic acids is 1. The number of nitrogens with zero attached hydrogens (tertiary/aromatic N) is 1. The van der Waals surface area contributed by atoms with E-state index in [2.05, 4.69) is 10.5 Å². The van der Waals surface area contributed by atoms with Crippen molar-refractivity contribution in [1.29, 1.82) is 0 Å². The maximum absolute atomic E-state index is 11.9. The molecule has 5 heteroatoms. The van der Waals surface area contributed by atoms with E-state index < -0.39 is 0 Å². The van der Waals surface area contributed by atoms with Crippen LogP contribution in [0.25, 0.3) is 10.8 Å². The highest BCUT2D eigenvalue weighted by Crippen LogP contribution is 2.26. The smallest absolute Gasteiger partial charge is 0.277 e. The monoisotopic (exact) mass is 348 g/mol. The van der Waals surface area contributed by atoms with Crippen LogP contribution >= 0.6 is 0 Å². The Kier molecular flexibility index (Phi) is 5.49. The average Bonchev–Trinajstić information content (AvgIpc) is 2.67. The van der Waals surface area contributed by atoms with Crippen molar-refractivity contribution in [3.05, 3.63) is 71.8 Å². The minimum atomic E-state index is -0.332. The Labute approximate surface area is 152 Å². The SMILES string of the molecule is COc1ccc2ccccc2c1C=NNC(=O)COc1ccc(C)cc1. The third kappa shape index (κ3) is 4.19. The van der Waals surface area contributed by atoms with Crippen molar-refractivity contribution < 1.29 is 14.3 Å². The zero-order chi connectivity index (χ0) is 18.4. The van der Waals surface area contributed by atoms with Crippen molar-refractivity contribution in [2.75, 3.05) is 13.7 Å². The predicted octanol–water partition coefficient (Wildman–Crippen LogP) is 3.69. The second kappa shape index (κ2) is 8.16. The molecule has 3 aromatic rings. The molecule has 0 unspecified atom stereocenters. The molecule has 0 bridgehead atoms. The summed E-state index contributed by atoms with van der Waals surface area (Å²) < 4.78 is 10.8. The van der Waals surface area contributed by atoms with E-state index in [0.717, 1.165) is 21.9 Å². The van der Waals surface area contributed by atoms with Crippen molar-refractivity contribution in [2.24, 2.45) is 5.10 Å². The van der Waals surface area contributed by atoms with E-state index in [0.29, 0.717) is 11.5 Å². The molecule has 0 saturated heterocycles. The van der Waals surface area contributed by atoms with E-state index in [1.54, 1.807) is 13.3 Å². The Morgan fingerprint density at radius 3 is 2.62 bits per heavy atom. The molecule has 26 heavy (non-hydrogen) atoms. The Bertz CT molecular complexity index is 934. The molecule has 3 rings (SSSR count). The van der Waals surface area contributed by atoms with Gasteiger partial charge in [-0.2, -0.15) is 5.10 Å². The Morgan fingerprint density at radius 1 is 1.08 bits per heavy atom. The van der Waals surface area contributed by atoms with Gasteiger partial charge in [0.25, 0.3) is 5.91 Å². The van der Waals surface area contributed by atoms with Crippen molar-refractivity contribution in [3.8, 4) is 11.5 Å². The maximum atomic E-state index is 11.9. The summed E-state index contributed by atoms with van der Waals surface area (Å²) in [6.07, 6.45) is 1.59. The first kappa shape index (κ1) is 17.5. The number of rotatable bonds is 6. The number of methoxy groups -OCH3 is 1. The van der Waals surface area contributed by atoms with Gasteiger partial charge in [0.1, 0.15) is 11.5 Å². The van der Waals surface area contributed by atoms with Crippen LogP contribution in [0.3, 0.4) is 0 Å². The highest BCUT2D eigenvalue weighted by Gasteiger charge is 2.06. The summed E-state index contributed by atoms with van der Waals surface area (Å²) >= 11 is 0. The topological polar surface area (TPSA) is 59.9 Å². The van der Waals surface area contributed by atoms with Gasteiger partial charge in [0.15, 0.2) is 6.61 Å². The number of hydrogen-bond acceptors (Lipinski definition) is 4. The quantitative estimate of drug-likeness (QED) is 0.546. The summed E-state index contributed by atoms with van der Waals surface area (Å²) in [5.41, 5.74) is 4.42. The van der Waals surface area contributed by atoms with Crippen LogP contribution in [0, 0.1) is 6.92 Å². The first-order chi connectivity index (χ1) is 12.7. The van der Waals surface area contributed by atoms with E-state index in [4.69, 9.17) is 9.47 Å². The molecule has 0 heterocycles. The zero-order valence-electron chi connectivity index (χ0n) is 14.7. The molecule has 0 aliphatic carbocycles. The van der Waals surface area contributed by atoms with E-state index in [-0.39, 0.29) is 12.5 Å². The molecule has 0 fully saturated rings. The number of amides is 1. The molecular formula is C21H20N2O3. The number of hydrogen-bond donors (Lipinski definition) is 1. The van der Waals surface area contributed by atoms with E-state index in [1.165, 1.54) is 0 Å². The van der Waals surface area contributed by atoms with Crippen molar-refractivity contribution >= 4 is 22.9 Å². The maximum Gasteiger partial charge on any atom is 0.277 e. The molecule has 0 radical (unpaired) electrons.